The molecule has 15 heavy (non-hydrogen) atoms. The van der Waals surface area contributed by atoms with Crippen molar-refractivity contribution in [1.82, 2.24) is 10.3 Å². The largest absolute Gasteiger partial charge is 0.306 e. The number of aryl methyl sites for hydroxylation is 1. The number of nitrogens with one attached hydrogen (secondary N) is 1. The van der Waals surface area contributed by atoms with E-state index in [9.17, 15) is 0 Å². The fourth-order valence-corrected chi connectivity index (χ4v) is 3.28. The van der Waals surface area contributed by atoms with E-state index in [0.29, 0.717) is 0 Å². The Morgan fingerprint density at radius 2 is 2.20 bits per heavy atom. The Hall–Kier alpha value is -0.230. The van der Waals surface area contributed by atoms with Gasteiger partial charge in [0.15, 0.2) is 0 Å². The van der Waals surface area contributed by atoms with Crippen molar-refractivity contribution in [3.8, 4) is 0 Å². The third-order valence-corrected chi connectivity index (χ3v) is 4.41. The summed E-state index contributed by atoms with van der Waals surface area (Å²) in [5.41, 5.74) is 1.13. The van der Waals surface area contributed by atoms with E-state index < -0.39 is 0 Å². The summed E-state index contributed by atoms with van der Waals surface area (Å²) in [5, 5.41) is 8.71. The highest BCUT2D eigenvalue weighted by Gasteiger charge is 1.99. The van der Waals surface area contributed by atoms with Gasteiger partial charge in [-0.2, -0.15) is 0 Å². The van der Waals surface area contributed by atoms with Crippen LogP contribution in [0.15, 0.2) is 21.3 Å². The first-order valence-electron chi connectivity index (χ1n) is 4.58. The van der Waals surface area contributed by atoms with Gasteiger partial charge < -0.3 is 5.32 Å². The lowest BCUT2D eigenvalue weighted by Gasteiger charge is -1.99. The van der Waals surface area contributed by atoms with Crippen LogP contribution >= 0.6 is 38.6 Å². The van der Waals surface area contributed by atoms with E-state index in [-0.39, 0.29) is 0 Å². The number of nitrogens with zero attached hydrogens (tertiary/aromatic N) is 1. The molecule has 2 rings (SSSR count). The minimum Gasteiger partial charge on any atom is -0.306 e. The minimum absolute atomic E-state index is 0.847. The number of aromatic nitrogens is 1. The van der Waals surface area contributed by atoms with E-state index in [2.05, 4.69) is 43.1 Å². The molecule has 0 unspecified atom stereocenters. The van der Waals surface area contributed by atoms with Crippen LogP contribution in [0.25, 0.3) is 0 Å². The van der Waals surface area contributed by atoms with Crippen molar-refractivity contribution in [3.63, 3.8) is 0 Å². The third-order valence-electron chi connectivity index (χ3n) is 1.89. The van der Waals surface area contributed by atoms with E-state index in [4.69, 9.17) is 0 Å². The van der Waals surface area contributed by atoms with Crippen molar-refractivity contribution in [2.24, 2.45) is 0 Å². The fraction of sp³-hybridized carbons (Fsp3) is 0.300. The molecule has 0 fully saturated rings. The highest BCUT2D eigenvalue weighted by atomic mass is 79.9. The number of hydrogen-bond donors (Lipinski definition) is 1. The molecule has 0 bridgehead atoms. The number of thiazole rings is 1. The normalized spacial score (nSPS) is 10.8. The van der Waals surface area contributed by atoms with Gasteiger partial charge in [-0.05, 0) is 28.9 Å². The number of hydrogen-bond acceptors (Lipinski definition) is 4. The van der Waals surface area contributed by atoms with E-state index >= 15 is 0 Å². The van der Waals surface area contributed by atoms with Crippen LogP contribution in [0.4, 0.5) is 0 Å². The zero-order valence-electron chi connectivity index (χ0n) is 8.29. The first kappa shape index (κ1) is 11.3. The van der Waals surface area contributed by atoms with Gasteiger partial charge in [-0.1, -0.05) is 0 Å². The maximum atomic E-state index is 4.40. The molecule has 0 aliphatic carbocycles. The molecular formula is C10H11BrN2S2. The quantitative estimate of drug-likeness (QED) is 0.934. The van der Waals surface area contributed by atoms with Gasteiger partial charge in [0.2, 0.25) is 0 Å². The molecule has 0 aliphatic heterocycles. The molecule has 0 atom stereocenters. The summed E-state index contributed by atoms with van der Waals surface area (Å²) in [6.45, 7) is 3.79. The molecule has 5 heteroatoms. The van der Waals surface area contributed by atoms with Gasteiger partial charge >= 0.3 is 0 Å². The Labute approximate surface area is 106 Å². The summed E-state index contributed by atoms with van der Waals surface area (Å²) in [7, 11) is 0. The van der Waals surface area contributed by atoms with E-state index in [1.54, 1.807) is 22.7 Å². The first-order chi connectivity index (χ1) is 7.24. The standard InChI is InChI=1S/C10H11BrN2S2/c1-7-13-9(6-14-7)3-12-4-10-2-8(11)5-15-10/h2,5-6,12H,3-4H2,1H3. The molecule has 0 aromatic carbocycles. The molecule has 0 saturated carbocycles. The number of rotatable bonds is 4. The topological polar surface area (TPSA) is 24.9 Å². The number of halogens is 1. The predicted octanol–water partition coefficient (Wildman–Crippen LogP) is 3.57. The van der Waals surface area contributed by atoms with Crippen molar-refractivity contribution in [2.45, 2.75) is 20.0 Å². The van der Waals surface area contributed by atoms with E-state index in [0.717, 1.165) is 28.3 Å². The monoisotopic (exact) mass is 302 g/mol. The lowest BCUT2D eigenvalue weighted by Crippen LogP contribution is -2.11. The second-order valence-corrected chi connectivity index (χ2v) is 6.17. The summed E-state index contributed by atoms with van der Waals surface area (Å²) in [6, 6.07) is 2.14. The van der Waals surface area contributed by atoms with Crippen LogP contribution in [0, 0.1) is 6.92 Å². The molecule has 0 radical (unpaired) electrons. The highest BCUT2D eigenvalue weighted by molar-refractivity contribution is 9.10. The van der Waals surface area contributed by atoms with Crippen LogP contribution in [0.1, 0.15) is 15.6 Å². The molecule has 2 heterocycles. The zero-order valence-corrected chi connectivity index (χ0v) is 11.5. The van der Waals surface area contributed by atoms with Gasteiger partial charge in [0.05, 0.1) is 10.7 Å². The second kappa shape index (κ2) is 5.21. The van der Waals surface area contributed by atoms with Crippen molar-refractivity contribution in [3.05, 3.63) is 36.9 Å². The van der Waals surface area contributed by atoms with Gasteiger partial charge in [-0.25, -0.2) is 4.98 Å². The van der Waals surface area contributed by atoms with Crippen LogP contribution < -0.4 is 5.32 Å². The Balaban J connectivity index is 1.80. The fourth-order valence-electron chi connectivity index (χ4n) is 1.25. The van der Waals surface area contributed by atoms with Gasteiger partial charge in [-0.15, -0.1) is 22.7 Å². The second-order valence-electron chi connectivity index (χ2n) is 3.19. The Bertz CT molecular complexity index is 396. The smallest absolute Gasteiger partial charge is 0.0897 e. The van der Waals surface area contributed by atoms with Gasteiger partial charge in [-0.3, -0.25) is 0 Å². The zero-order chi connectivity index (χ0) is 10.7. The van der Waals surface area contributed by atoms with Gasteiger partial charge in [0.1, 0.15) is 0 Å². The highest BCUT2D eigenvalue weighted by Crippen LogP contribution is 2.19. The maximum Gasteiger partial charge on any atom is 0.0897 e. The van der Waals surface area contributed by atoms with Crippen LogP contribution in [0.5, 0.6) is 0 Å². The Morgan fingerprint density at radius 1 is 1.33 bits per heavy atom. The van der Waals surface area contributed by atoms with Gasteiger partial charge in [0, 0.05) is 33.2 Å². The molecule has 0 spiro atoms. The van der Waals surface area contributed by atoms with Crippen LogP contribution in [0.2, 0.25) is 0 Å². The van der Waals surface area contributed by atoms with E-state index in [1.165, 1.54) is 4.88 Å². The summed E-state index contributed by atoms with van der Waals surface area (Å²) in [4.78, 5) is 5.74. The molecule has 0 aliphatic rings. The van der Waals surface area contributed by atoms with Crippen LogP contribution in [-0.2, 0) is 13.1 Å². The molecule has 80 valence electrons. The molecule has 1 N–H and O–H groups in total. The van der Waals surface area contributed by atoms with Crippen molar-refractivity contribution < 1.29 is 0 Å². The van der Waals surface area contributed by atoms with Gasteiger partial charge in [0.25, 0.3) is 0 Å². The number of thiophene rings is 1. The van der Waals surface area contributed by atoms with Crippen LogP contribution in [0.3, 0.4) is 0 Å². The van der Waals surface area contributed by atoms with Crippen molar-refractivity contribution in [1.29, 1.82) is 0 Å². The van der Waals surface area contributed by atoms with E-state index in [1.807, 2.05) is 6.92 Å². The first-order valence-corrected chi connectivity index (χ1v) is 7.14. The lowest BCUT2D eigenvalue weighted by molar-refractivity contribution is 0.688. The molecule has 0 amide bonds. The summed E-state index contributed by atoms with van der Waals surface area (Å²) >= 11 is 6.91. The SMILES string of the molecule is Cc1nc(CNCc2cc(Br)cs2)cs1. The minimum atomic E-state index is 0.847. The Kier molecular flexibility index (Phi) is 3.91. The summed E-state index contributed by atoms with van der Waals surface area (Å²) < 4.78 is 1.16. The Morgan fingerprint density at radius 3 is 2.80 bits per heavy atom. The van der Waals surface area contributed by atoms with Crippen molar-refractivity contribution >= 4 is 38.6 Å². The summed E-state index contributed by atoms with van der Waals surface area (Å²) in [5.74, 6) is 0. The summed E-state index contributed by atoms with van der Waals surface area (Å²) in [6.07, 6.45) is 0. The van der Waals surface area contributed by atoms with Crippen LogP contribution in [-0.4, -0.2) is 4.98 Å². The molecule has 2 aromatic heterocycles. The van der Waals surface area contributed by atoms with Crippen molar-refractivity contribution in [2.75, 3.05) is 0 Å². The predicted molar refractivity (Wildman–Crippen MR) is 69.4 cm³/mol. The molecule has 2 nitrogen and oxygen atoms in total. The molecule has 0 saturated heterocycles. The average Bonchev–Trinajstić information content (AvgIpc) is 2.76. The lowest BCUT2D eigenvalue weighted by atomic mass is 10.4. The average molecular weight is 303 g/mol. The third kappa shape index (κ3) is 3.38. The molecular weight excluding hydrogens is 292 g/mol. The molecule has 2 aromatic rings. The maximum absolute atomic E-state index is 4.40.